The molecular weight excluding hydrogens is 302 g/mol. The fraction of sp³-hybridized carbons (Fsp3) is 0.176. The number of carboxylic acids is 1. The molecule has 5 heteroatoms. The van der Waals surface area contributed by atoms with Crippen LogP contribution in [0.5, 0.6) is 0 Å². The van der Waals surface area contributed by atoms with Crippen LogP contribution in [-0.2, 0) is 11.3 Å². The number of hydrogen-bond donors (Lipinski definition) is 1. The molecule has 2 aromatic rings. The van der Waals surface area contributed by atoms with Crippen LogP contribution in [0.15, 0.2) is 42.5 Å². The van der Waals surface area contributed by atoms with Crippen LogP contribution in [0, 0.1) is 0 Å². The van der Waals surface area contributed by atoms with Gasteiger partial charge >= 0.3 is 5.97 Å². The first-order valence-electron chi connectivity index (χ1n) is 6.90. The SMILES string of the molecule is CC(C(=O)O)c1ccc(N2Cc3ccc(Cl)cc3C2=O)cc1. The molecule has 0 saturated carbocycles. The van der Waals surface area contributed by atoms with E-state index >= 15 is 0 Å². The predicted octanol–water partition coefficient (Wildman–Crippen LogP) is 3.69. The van der Waals surface area contributed by atoms with E-state index in [1.807, 2.05) is 6.07 Å². The molecule has 22 heavy (non-hydrogen) atoms. The Hall–Kier alpha value is -2.33. The molecule has 0 aliphatic carbocycles. The van der Waals surface area contributed by atoms with Gasteiger partial charge in [-0.1, -0.05) is 29.8 Å². The number of fused-ring (bicyclic) bond motifs is 1. The van der Waals surface area contributed by atoms with Crippen molar-refractivity contribution in [2.75, 3.05) is 4.90 Å². The summed E-state index contributed by atoms with van der Waals surface area (Å²) >= 11 is 5.94. The largest absolute Gasteiger partial charge is 0.481 e. The summed E-state index contributed by atoms with van der Waals surface area (Å²) in [4.78, 5) is 25.1. The van der Waals surface area contributed by atoms with E-state index < -0.39 is 11.9 Å². The molecule has 2 aromatic carbocycles. The maximum atomic E-state index is 12.4. The number of amides is 1. The Morgan fingerprint density at radius 2 is 1.91 bits per heavy atom. The lowest BCUT2D eigenvalue weighted by atomic mass is 10.0. The Morgan fingerprint density at radius 3 is 2.55 bits per heavy atom. The monoisotopic (exact) mass is 315 g/mol. The standard InChI is InChI=1S/C17H14ClNO3/c1-10(17(21)22)11-3-6-14(7-4-11)19-9-12-2-5-13(18)8-15(12)16(19)20/h2-8,10H,9H2,1H3,(H,21,22). The number of benzene rings is 2. The number of anilines is 1. The molecule has 4 nitrogen and oxygen atoms in total. The number of aliphatic carboxylic acids is 1. The highest BCUT2D eigenvalue weighted by Gasteiger charge is 2.28. The van der Waals surface area contributed by atoms with Crippen molar-refractivity contribution in [3.05, 3.63) is 64.2 Å². The van der Waals surface area contributed by atoms with E-state index in [0.717, 1.165) is 11.3 Å². The van der Waals surface area contributed by atoms with E-state index in [-0.39, 0.29) is 5.91 Å². The van der Waals surface area contributed by atoms with Gasteiger partial charge in [0.15, 0.2) is 0 Å². The Balaban J connectivity index is 1.87. The third kappa shape index (κ3) is 2.46. The minimum atomic E-state index is -0.868. The fourth-order valence-corrected chi connectivity index (χ4v) is 2.74. The number of halogens is 1. The van der Waals surface area contributed by atoms with E-state index in [9.17, 15) is 9.59 Å². The maximum Gasteiger partial charge on any atom is 0.310 e. The van der Waals surface area contributed by atoms with Gasteiger partial charge in [0.2, 0.25) is 0 Å². The number of rotatable bonds is 3. The predicted molar refractivity (Wildman–Crippen MR) is 84.5 cm³/mol. The van der Waals surface area contributed by atoms with Crippen LogP contribution in [-0.4, -0.2) is 17.0 Å². The summed E-state index contributed by atoms with van der Waals surface area (Å²) < 4.78 is 0. The topological polar surface area (TPSA) is 57.6 Å². The Labute approximate surface area is 132 Å². The molecule has 1 amide bonds. The van der Waals surface area contributed by atoms with Crippen LogP contribution in [0.25, 0.3) is 0 Å². The van der Waals surface area contributed by atoms with Crippen molar-refractivity contribution in [2.45, 2.75) is 19.4 Å². The fourth-order valence-electron chi connectivity index (χ4n) is 2.57. The molecule has 0 saturated heterocycles. The molecule has 0 fully saturated rings. The van der Waals surface area contributed by atoms with Crippen LogP contribution in [0.2, 0.25) is 5.02 Å². The molecule has 0 aromatic heterocycles. The molecule has 1 aliphatic heterocycles. The highest BCUT2D eigenvalue weighted by molar-refractivity contribution is 6.31. The first kappa shape index (κ1) is 14.6. The van der Waals surface area contributed by atoms with Crippen molar-refractivity contribution >= 4 is 29.2 Å². The van der Waals surface area contributed by atoms with Crippen LogP contribution < -0.4 is 4.90 Å². The van der Waals surface area contributed by atoms with Gasteiger partial charge in [-0.15, -0.1) is 0 Å². The van der Waals surface area contributed by atoms with E-state index in [0.29, 0.717) is 22.7 Å². The highest BCUT2D eigenvalue weighted by atomic mass is 35.5. The Kier molecular flexibility index (Phi) is 3.62. The minimum absolute atomic E-state index is 0.0865. The zero-order valence-electron chi connectivity index (χ0n) is 11.9. The Bertz CT molecular complexity index is 755. The van der Waals surface area contributed by atoms with Crippen molar-refractivity contribution < 1.29 is 14.7 Å². The first-order chi connectivity index (χ1) is 10.5. The summed E-state index contributed by atoms with van der Waals surface area (Å²) in [7, 11) is 0. The second kappa shape index (κ2) is 5.46. The molecule has 0 spiro atoms. The van der Waals surface area contributed by atoms with Gasteiger partial charge in [0.1, 0.15) is 0 Å². The van der Waals surface area contributed by atoms with Gasteiger partial charge in [-0.2, -0.15) is 0 Å². The van der Waals surface area contributed by atoms with Crippen molar-refractivity contribution in [2.24, 2.45) is 0 Å². The van der Waals surface area contributed by atoms with Gasteiger partial charge in [0.05, 0.1) is 12.5 Å². The summed E-state index contributed by atoms with van der Waals surface area (Å²) in [5.41, 5.74) is 3.02. The van der Waals surface area contributed by atoms with Crippen molar-refractivity contribution in [1.82, 2.24) is 0 Å². The number of carbonyl (C=O) groups is 2. The first-order valence-corrected chi connectivity index (χ1v) is 7.28. The van der Waals surface area contributed by atoms with Crippen molar-refractivity contribution in [1.29, 1.82) is 0 Å². The number of carbonyl (C=O) groups excluding carboxylic acids is 1. The molecule has 1 heterocycles. The third-order valence-corrected chi connectivity index (χ3v) is 4.19. The summed E-state index contributed by atoms with van der Waals surface area (Å²) in [6.07, 6.45) is 0. The number of carboxylic acid groups (broad SMARTS) is 1. The summed E-state index contributed by atoms with van der Waals surface area (Å²) in [5, 5.41) is 9.57. The lowest BCUT2D eigenvalue weighted by molar-refractivity contribution is -0.138. The lowest BCUT2D eigenvalue weighted by Gasteiger charge is -2.16. The minimum Gasteiger partial charge on any atom is -0.481 e. The molecule has 1 unspecified atom stereocenters. The third-order valence-electron chi connectivity index (χ3n) is 3.95. The molecular formula is C17H14ClNO3. The van der Waals surface area contributed by atoms with Crippen LogP contribution in [0.4, 0.5) is 5.69 Å². The normalized spacial score (nSPS) is 14.8. The van der Waals surface area contributed by atoms with Crippen LogP contribution in [0.1, 0.15) is 34.3 Å². The average molecular weight is 316 g/mol. The van der Waals surface area contributed by atoms with Gasteiger partial charge in [-0.3, -0.25) is 9.59 Å². The molecule has 0 radical (unpaired) electrons. The number of hydrogen-bond acceptors (Lipinski definition) is 2. The second-order valence-electron chi connectivity index (χ2n) is 5.34. The quantitative estimate of drug-likeness (QED) is 0.939. The van der Waals surface area contributed by atoms with E-state index in [1.165, 1.54) is 0 Å². The van der Waals surface area contributed by atoms with Crippen molar-refractivity contribution in [3.8, 4) is 0 Å². The molecule has 3 rings (SSSR count). The van der Waals surface area contributed by atoms with Gasteiger partial charge < -0.3 is 10.0 Å². The summed E-state index contributed by atoms with van der Waals surface area (Å²) in [5.74, 6) is -1.53. The zero-order valence-corrected chi connectivity index (χ0v) is 12.7. The zero-order chi connectivity index (χ0) is 15.9. The van der Waals surface area contributed by atoms with Gasteiger partial charge in [-0.25, -0.2) is 0 Å². The van der Waals surface area contributed by atoms with Crippen LogP contribution >= 0.6 is 11.6 Å². The smallest absolute Gasteiger partial charge is 0.310 e. The summed E-state index contributed by atoms with van der Waals surface area (Å²) in [6.45, 7) is 2.13. The molecule has 112 valence electrons. The second-order valence-corrected chi connectivity index (χ2v) is 5.78. The Morgan fingerprint density at radius 1 is 1.23 bits per heavy atom. The van der Waals surface area contributed by atoms with E-state index in [1.54, 1.807) is 48.2 Å². The molecule has 1 aliphatic rings. The maximum absolute atomic E-state index is 12.4. The molecule has 1 atom stereocenters. The van der Waals surface area contributed by atoms with Crippen molar-refractivity contribution in [3.63, 3.8) is 0 Å². The van der Waals surface area contributed by atoms with E-state index in [4.69, 9.17) is 16.7 Å². The van der Waals surface area contributed by atoms with Gasteiger partial charge in [-0.05, 0) is 42.3 Å². The summed E-state index contributed by atoms with van der Waals surface area (Å²) in [6, 6.07) is 12.4. The molecule has 1 N–H and O–H groups in total. The van der Waals surface area contributed by atoms with Gasteiger partial charge in [0.25, 0.3) is 5.91 Å². The van der Waals surface area contributed by atoms with E-state index in [2.05, 4.69) is 0 Å². The van der Waals surface area contributed by atoms with Crippen LogP contribution in [0.3, 0.4) is 0 Å². The van der Waals surface area contributed by atoms with Gasteiger partial charge in [0, 0.05) is 16.3 Å². The number of nitrogens with zero attached hydrogens (tertiary/aromatic N) is 1. The average Bonchev–Trinajstić information content (AvgIpc) is 2.83. The lowest BCUT2D eigenvalue weighted by Crippen LogP contribution is -2.23. The molecule has 0 bridgehead atoms. The highest BCUT2D eigenvalue weighted by Crippen LogP contribution is 2.30.